The molecule has 0 amide bonds. The number of ether oxygens (including phenoxy) is 1. The van der Waals surface area contributed by atoms with Gasteiger partial charge in [-0.2, -0.15) is 0 Å². The summed E-state index contributed by atoms with van der Waals surface area (Å²) in [6.45, 7) is 0.578. The van der Waals surface area contributed by atoms with E-state index in [4.69, 9.17) is 4.74 Å². The van der Waals surface area contributed by atoms with Gasteiger partial charge in [0.25, 0.3) is 0 Å². The Balaban J connectivity index is 1.80. The number of nitrogens with one attached hydrogen (secondary N) is 2. The van der Waals surface area contributed by atoms with Gasteiger partial charge in [0.15, 0.2) is 0 Å². The van der Waals surface area contributed by atoms with Crippen LogP contribution in [-0.2, 0) is 6.54 Å². The number of fused-ring (bicyclic) bond motifs is 1. The van der Waals surface area contributed by atoms with E-state index in [0.29, 0.717) is 18.0 Å². The maximum atomic E-state index is 13.3. The molecule has 3 aromatic rings. The first-order valence-corrected chi connectivity index (χ1v) is 6.40. The van der Waals surface area contributed by atoms with Gasteiger partial charge in [-0.1, -0.05) is 18.2 Å². The van der Waals surface area contributed by atoms with Crippen molar-refractivity contribution in [2.24, 2.45) is 0 Å². The largest absolute Gasteiger partial charge is 0.495 e. The molecule has 4 heteroatoms. The number of rotatable bonds is 4. The van der Waals surface area contributed by atoms with E-state index >= 15 is 0 Å². The molecule has 0 radical (unpaired) electrons. The number of methoxy groups -OCH3 is 1. The average Bonchev–Trinajstić information content (AvgIpc) is 2.88. The summed E-state index contributed by atoms with van der Waals surface area (Å²) in [5.74, 6) is 0.340. The number of hydrogen-bond donors (Lipinski definition) is 2. The second-order valence-corrected chi connectivity index (χ2v) is 4.58. The van der Waals surface area contributed by atoms with Crippen LogP contribution in [0.25, 0.3) is 10.9 Å². The Kier molecular flexibility index (Phi) is 3.29. The molecule has 2 aromatic carbocycles. The smallest absolute Gasteiger partial charge is 0.142 e. The summed E-state index contributed by atoms with van der Waals surface area (Å²) >= 11 is 0. The Hall–Kier alpha value is -2.49. The molecule has 0 saturated carbocycles. The molecule has 20 heavy (non-hydrogen) atoms. The molecule has 0 bridgehead atoms. The Labute approximate surface area is 116 Å². The molecule has 3 rings (SSSR count). The lowest BCUT2D eigenvalue weighted by Crippen LogP contribution is -2.02. The maximum Gasteiger partial charge on any atom is 0.142 e. The van der Waals surface area contributed by atoms with Crippen LogP contribution < -0.4 is 10.1 Å². The number of aromatic amines is 1. The van der Waals surface area contributed by atoms with Gasteiger partial charge in [-0.15, -0.1) is 0 Å². The zero-order valence-corrected chi connectivity index (χ0v) is 11.1. The van der Waals surface area contributed by atoms with Crippen LogP contribution in [0.1, 0.15) is 5.69 Å². The SMILES string of the molecule is COc1ccc(F)cc1NCc1cc2ccccc2[nH]1. The molecule has 0 aliphatic carbocycles. The Morgan fingerprint density at radius 2 is 2.00 bits per heavy atom. The third-order valence-corrected chi connectivity index (χ3v) is 3.22. The quantitative estimate of drug-likeness (QED) is 0.753. The third kappa shape index (κ3) is 2.45. The second-order valence-electron chi connectivity index (χ2n) is 4.58. The van der Waals surface area contributed by atoms with Crippen molar-refractivity contribution < 1.29 is 9.13 Å². The number of aromatic nitrogens is 1. The minimum atomic E-state index is -0.287. The van der Waals surface area contributed by atoms with Crippen molar-refractivity contribution in [1.82, 2.24) is 4.98 Å². The number of hydrogen-bond acceptors (Lipinski definition) is 2. The molecule has 0 fully saturated rings. The highest BCUT2D eigenvalue weighted by Crippen LogP contribution is 2.25. The minimum absolute atomic E-state index is 0.287. The van der Waals surface area contributed by atoms with Crippen molar-refractivity contribution in [3.05, 3.63) is 60.0 Å². The number of H-pyrrole nitrogens is 1. The molecule has 1 heterocycles. The molecule has 0 saturated heterocycles. The van der Waals surface area contributed by atoms with E-state index in [1.165, 1.54) is 12.1 Å². The average molecular weight is 270 g/mol. The first-order chi connectivity index (χ1) is 9.76. The fraction of sp³-hybridized carbons (Fsp3) is 0.125. The molecular weight excluding hydrogens is 255 g/mol. The fourth-order valence-corrected chi connectivity index (χ4v) is 2.24. The summed E-state index contributed by atoms with van der Waals surface area (Å²) in [7, 11) is 1.57. The summed E-state index contributed by atoms with van der Waals surface area (Å²) in [5, 5.41) is 4.35. The fourth-order valence-electron chi connectivity index (χ4n) is 2.24. The van der Waals surface area contributed by atoms with Gasteiger partial charge in [0.05, 0.1) is 19.3 Å². The summed E-state index contributed by atoms with van der Waals surface area (Å²) in [4.78, 5) is 3.32. The van der Waals surface area contributed by atoms with Crippen LogP contribution in [0, 0.1) is 5.82 Å². The van der Waals surface area contributed by atoms with Crippen molar-refractivity contribution in [1.29, 1.82) is 0 Å². The second kappa shape index (κ2) is 5.25. The lowest BCUT2D eigenvalue weighted by Gasteiger charge is -2.10. The molecule has 0 aliphatic heterocycles. The summed E-state index contributed by atoms with van der Waals surface area (Å²) in [6.07, 6.45) is 0. The van der Waals surface area contributed by atoms with Gasteiger partial charge in [0, 0.05) is 17.3 Å². The van der Waals surface area contributed by atoms with Gasteiger partial charge < -0.3 is 15.0 Å². The monoisotopic (exact) mass is 270 g/mol. The van der Waals surface area contributed by atoms with Crippen LogP contribution in [0.15, 0.2) is 48.5 Å². The number of benzene rings is 2. The van der Waals surface area contributed by atoms with Crippen molar-refractivity contribution in [2.75, 3.05) is 12.4 Å². The van der Waals surface area contributed by atoms with Crippen molar-refractivity contribution in [2.45, 2.75) is 6.54 Å². The highest BCUT2D eigenvalue weighted by atomic mass is 19.1. The zero-order valence-electron chi connectivity index (χ0n) is 11.1. The van der Waals surface area contributed by atoms with E-state index < -0.39 is 0 Å². The van der Waals surface area contributed by atoms with Gasteiger partial charge in [-0.25, -0.2) is 4.39 Å². The predicted octanol–water partition coefficient (Wildman–Crippen LogP) is 3.93. The summed E-state index contributed by atoms with van der Waals surface area (Å²) in [6, 6.07) is 14.6. The Morgan fingerprint density at radius 1 is 1.15 bits per heavy atom. The maximum absolute atomic E-state index is 13.3. The van der Waals surface area contributed by atoms with Crippen LogP contribution in [0.2, 0.25) is 0 Å². The predicted molar refractivity (Wildman–Crippen MR) is 78.6 cm³/mol. The number of anilines is 1. The Bertz CT molecular complexity index is 703. The molecule has 2 N–H and O–H groups in total. The van der Waals surface area contributed by atoms with Crippen LogP contribution in [0.3, 0.4) is 0 Å². The van der Waals surface area contributed by atoms with Crippen LogP contribution in [0.5, 0.6) is 5.75 Å². The summed E-state index contributed by atoms with van der Waals surface area (Å²) < 4.78 is 18.5. The van der Waals surface area contributed by atoms with E-state index in [0.717, 1.165) is 16.6 Å². The molecule has 1 aromatic heterocycles. The molecule has 0 atom stereocenters. The van der Waals surface area contributed by atoms with E-state index in [1.54, 1.807) is 13.2 Å². The number of halogens is 1. The van der Waals surface area contributed by atoms with Crippen LogP contribution in [0.4, 0.5) is 10.1 Å². The summed E-state index contributed by atoms with van der Waals surface area (Å²) in [5.41, 5.74) is 2.78. The lowest BCUT2D eigenvalue weighted by molar-refractivity contribution is 0.415. The first-order valence-electron chi connectivity index (χ1n) is 6.40. The minimum Gasteiger partial charge on any atom is -0.495 e. The molecule has 0 spiro atoms. The molecular formula is C16H15FN2O. The lowest BCUT2D eigenvalue weighted by atomic mass is 10.2. The van der Waals surface area contributed by atoms with E-state index in [9.17, 15) is 4.39 Å². The molecule has 0 aliphatic rings. The molecule has 102 valence electrons. The molecule has 0 unspecified atom stereocenters. The van der Waals surface area contributed by atoms with Gasteiger partial charge >= 0.3 is 0 Å². The van der Waals surface area contributed by atoms with Crippen molar-refractivity contribution in [3.63, 3.8) is 0 Å². The van der Waals surface area contributed by atoms with Crippen molar-refractivity contribution >= 4 is 16.6 Å². The van der Waals surface area contributed by atoms with E-state index in [-0.39, 0.29) is 5.82 Å². The van der Waals surface area contributed by atoms with Crippen molar-refractivity contribution in [3.8, 4) is 5.75 Å². The van der Waals surface area contributed by atoms with Gasteiger partial charge in [-0.05, 0) is 29.7 Å². The van der Waals surface area contributed by atoms with Crippen LogP contribution in [-0.4, -0.2) is 12.1 Å². The van der Waals surface area contributed by atoms with E-state index in [2.05, 4.69) is 22.4 Å². The van der Waals surface area contributed by atoms with Crippen LogP contribution >= 0.6 is 0 Å². The normalized spacial score (nSPS) is 10.7. The van der Waals surface area contributed by atoms with Gasteiger partial charge in [0.2, 0.25) is 0 Å². The first kappa shape index (κ1) is 12.5. The Morgan fingerprint density at radius 3 is 2.80 bits per heavy atom. The molecule has 3 nitrogen and oxygen atoms in total. The third-order valence-electron chi connectivity index (χ3n) is 3.22. The van der Waals surface area contributed by atoms with E-state index in [1.807, 2.05) is 18.2 Å². The number of para-hydroxylation sites is 1. The zero-order chi connectivity index (χ0) is 13.9. The standard InChI is InChI=1S/C16H15FN2O/c1-20-16-7-6-12(17)9-15(16)18-10-13-8-11-4-2-3-5-14(11)19-13/h2-9,18-19H,10H2,1H3. The van der Waals surface area contributed by atoms with Gasteiger partial charge in [-0.3, -0.25) is 0 Å². The highest BCUT2D eigenvalue weighted by Gasteiger charge is 2.05. The topological polar surface area (TPSA) is 37.0 Å². The van der Waals surface area contributed by atoms with Gasteiger partial charge in [0.1, 0.15) is 11.6 Å². The highest BCUT2D eigenvalue weighted by molar-refractivity contribution is 5.80.